The van der Waals surface area contributed by atoms with Crippen LogP contribution in [0, 0.1) is 6.07 Å². The third kappa shape index (κ3) is 1.70. The summed E-state index contributed by atoms with van der Waals surface area (Å²) >= 11 is 9.04. The summed E-state index contributed by atoms with van der Waals surface area (Å²) in [6, 6.07) is 8.57. The van der Waals surface area contributed by atoms with E-state index in [0.717, 1.165) is 10.9 Å². The Morgan fingerprint density at radius 1 is 1.67 bits per heavy atom. The van der Waals surface area contributed by atoms with Crippen LogP contribution >= 0.6 is 27.5 Å². The van der Waals surface area contributed by atoms with E-state index in [9.17, 15) is 0 Å². The van der Waals surface area contributed by atoms with Gasteiger partial charge >= 0.3 is 0 Å². The molecule has 1 aromatic carbocycles. The van der Waals surface area contributed by atoms with E-state index in [1.807, 2.05) is 12.1 Å². The molecule has 0 unspecified atom stereocenters. The molecule has 0 aliphatic heterocycles. The molecule has 0 nitrogen and oxygen atoms in total. The third-order valence-corrected chi connectivity index (χ3v) is 1.99. The Morgan fingerprint density at radius 2 is 2.44 bits per heavy atom. The highest BCUT2D eigenvalue weighted by Crippen LogP contribution is 2.16. The maximum atomic E-state index is 5.74. The lowest BCUT2D eigenvalue weighted by molar-refractivity contribution is 1.43. The monoisotopic (exact) mass is 203 g/mol. The van der Waals surface area contributed by atoms with Crippen LogP contribution in [0.4, 0.5) is 0 Å². The summed E-state index contributed by atoms with van der Waals surface area (Å²) in [6.07, 6.45) is 0. The number of hydrogen-bond donors (Lipinski definition) is 0. The summed E-state index contributed by atoms with van der Waals surface area (Å²) in [5, 5.41) is 1.50. The van der Waals surface area contributed by atoms with Crippen LogP contribution in [0.1, 0.15) is 5.56 Å². The van der Waals surface area contributed by atoms with Gasteiger partial charge in [-0.1, -0.05) is 45.7 Å². The first-order chi connectivity index (χ1) is 4.34. The zero-order chi connectivity index (χ0) is 6.69. The predicted molar refractivity (Wildman–Crippen MR) is 42.9 cm³/mol. The highest BCUT2D eigenvalue weighted by atomic mass is 79.9. The maximum Gasteiger partial charge on any atom is 0.0525 e. The van der Waals surface area contributed by atoms with Crippen molar-refractivity contribution in [3.63, 3.8) is 0 Å². The highest BCUT2D eigenvalue weighted by molar-refractivity contribution is 9.08. The number of benzene rings is 1. The van der Waals surface area contributed by atoms with Gasteiger partial charge in [0.2, 0.25) is 0 Å². The predicted octanol–water partition coefficient (Wildman–Crippen LogP) is 3.04. The van der Waals surface area contributed by atoms with Crippen molar-refractivity contribution in [2.45, 2.75) is 5.33 Å². The second-order valence-corrected chi connectivity index (χ2v) is 2.58. The Morgan fingerprint density at radius 3 is 2.89 bits per heavy atom. The standard InChI is InChI=1S/C7H5BrCl/c8-5-6-3-1-2-4-7(6)9/h1-3H,5H2. The highest BCUT2D eigenvalue weighted by Gasteiger charge is 1.93. The van der Waals surface area contributed by atoms with Crippen LogP contribution in [0.25, 0.3) is 0 Å². The van der Waals surface area contributed by atoms with Crippen LogP contribution in [0.3, 0.4) is 0 Å². The average molecular weight is 204 g/mol. The van der Waals surface area contributed by atoms with Crippen molar-refractivity contribution in [1.29, 1.82) is 0 Å². The van der Waals surface area contributed by atoms with Gasteiger partial charge < -0.3 is 0 Å². The summed E-state index contributed by atoms with van der Waals surface area (Å²) in [7, 11) is 0. The number of halogens is 2. The van der Waals surface area contributed by atoms with E-state index in [-0.39, 0.29) is 0 Å². The van der Waals surface area contributed by atoms with Gasteiger partial charge in [0.05, 0.1) is 5.02 Å². The van der Waals surface area contributed by atoms with Gasteiger partial charge in [0.15, 0.2) is 0 Å². The van der Waals surface area contributed by atoms with Crippen molar-refractivity contribution in [1.82, 2.24) is 0 Å². The van der Waals surface area contributed by atoms with E-state index >= 15 is 0 Å². The molecule has 0 saturated heterocycles. The molecule has 1 rings (SSSR count). The minimum atomic E-state index is 0.703. The maximum absolute atomic E-state index is 5.74. The molecule has 9 heavy (non-hydrogen) atoms. The first kappa shape index (κ1) is 7.10. The smallest absolute Gasteiger partial charge is 0.0525 e. The Balaban J connectivity index is 3.01. The molecule has 1 radical (unpaired) electrons. The third-order valence-electron chi connectivity index (χ3n) is 1.03. The largest absolute Gasteiger partial charge is 0.0876 e. The van der Waals surface area contributed by atoms with E-state index in [1.54, 1.807) is 6.07 Å². The molecule has 0 spiro atoms. The Kier molecular flexibility index (Phi) is 2.55. The summed E-state index contributed by atoms with van der Waals surface area (Å²) in [5.74, 6) is 0. The lowest BCUT2D eigenvalue weighted by atomic mass is 10.2. The molecule has 0 aromatic heterocycles. The number of alkyl halides is 1. The molecule has 0 heterocycles. The number of hydrogen-bond acceptors (Lipinski definition) is 0. The van der Waals surface area contributed by atoms with Crippen LogP contribution in [0.5, 0.6) is 0 Å². The zero-order valence-corrected chi connectivity index (χ0v) is 7.04. The fourth-order valence-electron chi connectivity index (χ4n) is 0.555. The molecule has 0 aliphatic carbocycles. The molecule has 0 aliphatic rings. The number of rotatable bonds is 1. The van der Waals surface area contributed by atoms with Crippen molar-refractivity contribution in [2.24, 2.45) is 0 Å². The molecular weight excluding hydrogens is 199 g/mol. The second-order valence-electron chi connectivity index (χ2n) is 1.64. The van der Waals surface area contributed by atoms with E-state index < -0.39 is 0 Å². The molecule has 2 heteroatoms. The molecule has 1 aromatic rings. The first-order valence-electron chi connectivity index (χ1n) is 2.55. The van der Waals surface area contributed by atoms with Gasteiger partial charge in [-0.25, -0.2) is 0 Å². The Bertz CT molecular complexity index is 198. The summed E-state index contributed by atoms with van der Waals surface area (Å²) in [6.45, 7) is 0. The van der Waals surface area contributed by atoms with E-state index in [4.69, 9.17) is 11.6 Å². The van der Waals surface area contributed by atoms with Gasteiger partial charge in [0.25, 0.3) is 0 Å². The van der Waals surface area contributed by atoms with E-state index in [1.165, 1.54) is 0 Å². The first-order valence-corrected chi connectivity index (χ1v) is 4.05. The normalized spacial score (nSPS) is 9.56. The van der Waals surface area contributed by atoms with Gasteiger partial charge in [-0.05, 0) is 5.56 Å². The molecule has 0 bridgehead atoms. The summed E-state index contributed by atoms with van der Waals surface area (Å²) in [5.41, 5.74) is 1.08. The summed E-state index contributed by atoms with van der Waals surface area (Å²) < 4.78 is 0. The van der Waals surface area contributed by atoms with Crippen LogP contribution in [0.15, 0.2) is 18.2 Å². The van der Waals surface area contributed by atoms with Gasteiger partial charge in [-0.2, -0.15) is 0 Å². The quantitative estimate of drug-likeness (QED) is 0.617. The molecular formula is C7H5BrCl. The lowest BCUT2D eigenvalue weighted by Crippen LogP contribution is -1.76. The van der Waals surface area contributed by atoms with Crippen LogP contribution < -0.4 is 0 Å². The van der Waals surface area contributed by atoms with E-state index in [2.05, 4.69) is 22.0 Å². The van der Waals surface area contributed by atoms with Crippen molar-refractivity contribution < 1.29 is 0 Å². The lowest BCUT2D eigenvalue weighted by Gasteiger charge is -1.94. The van der Waals surface area contributed by atoms with Crippen LogP contribution in [-0.4, -0.2) is 0 Å². The van der Waals surface area contributed by atoms with Crippen molar-refractivity contribution in [2.75, 3.05) is 0 Å². The van der Waals surface area contributed by atoms with Crippen molar-refractivity contribution in [3.8, 4) is 0 Å². The molecule has 0 atom stereocenters. The summed E-state index contributed by atoms with van der Waals surface area (Å²) in [4.78, 5) is 0. The topological polar surface area (TPSA) is 0 Å². The molecule has 0 N–H and O–H groups in total. The van der Waals surface area contributed by atoms with Gasteiger partial charge in [0, 0.05) is 11.4 Å². The van der Waals surface area contributed by atoms with Crippen LogP contribution in [0.2, 0.25) is 5.02 Å². The Labute approximate surface area is 68.0 Å². The average Bonchev–Trinajstić information content (AvgIpc) is 1.89. The van der Waals surface area contributed by atoms with Gasteiger partial charge in [-0.3, -0.25) is 0 Å². The van der Waals surface area contributed by atoms with Crippen LogP contribution in [-0.2, 0) is 5.33 Å². The van der Waals surface area contributed by atoms with E-state index in [0.29, 0.717) is 5.02 Å². The Hall–Kier alpha value is -0.0100. The van der Waals surface area contributed by atoms with Crippen molar-refractivity contribution in [3.05, 3.63) is 34.9 Å². The van der Waals surface area contributed by atoms with Crippen molar-refractivity contribution >= 4 is 27.5 Å². The van der Waals surface area contributed by atoms with Gasteiger partial charge in [0.1, 0.15) is 0 Å². The molecule has 0 fully saturated rings. The molecule has 0 saturated carbocycles. The van der Waals surface area contributed by atoms with Gasteiger partial charge in [-0.15, -0.1) is 0 Å². The fourth-order valence-corrected chi connectivity index (χ4v) is 1.38. The zero-order valence-electron chi connectivity index (χ0n) is 4.70. The SMILES string of the molecule is Clc1[c]cccc1CBr. The minimum absolute atomic E-state index is 0.703. The fraction of sp³-hybridized carbons (Fsp3) is 0.143. The minimum Gasteiger partial charge on any atom is -0.0876 e. The molecule has 0 amide bonds. The second kappa shape index (κ2) is 3.23. The molecule has 47 valence electrons.